The van der Waals surface area contributed by atoms with Gasteiger partial charge in [-0.3, -0.25) is 4.79 Å². The molecule has 1 aromatic heterocycles. The van der Waals surface area contributed by atoms with Crippen molar-refractivity contribution in [3.63, 3.8) is 0 Å². The van der Waals surface area contributed by atoms with E-state index in [1.165, 1.54) is 48.6 Å². The van der Waals surface area contributed by atoms with Crippen LogP contribution in [0, 0.1) is 11.6 Å². The third kappa shape index (κ3) is 4.73. The minimum absolute atomic E-state index is 0.190. The molecule has 0 fully saturated rings. The third-order valence-electron chi connectivity index (χ3n) is 5.22. The highest BCUT2D eigenvalue weighted by Crippen LogP contribution is 2.31. The number of carbonyl (C=O) groups is 2. The Morgan fingerprint density at radius 2 is 1.74 bits per heavy atom. The van der Waals surface area contributed by atoms with Gasteiger partial charge in [0.2, 0.25) is 0 Å². The van der Waals surface area contributed by atoms with Gasteiger partial charge in [-0.05, 0) is 60.5 Å². The van der Waals surface area contributed by atoms with E-state index in [0.29, 0.717) is 26.5 Å². The van der Waals surface area contributed by atoms with E-state index in [-0.39, 0.29) is 17.1 Å². The van der Waals surface area contributed by atoms with Crippen LogP contribution in [0.15, 0.2) is 60.7 Å². The van der Waals surface area contributed by atoms with Gasteiger partial charge in [-0.15, -0.1) is 0 Å². The van der Waals surface area contributed by atoms with Gasteiger partial charge in [0.1, 0.15) is 11.6 Å². The maximum absolute atomic E-state index is 14.8. The highest BCUT2D eigenvalue weighted by molar-refractivity contribution is 7.22. The number of halogens is 2. The predicted molar refractivity (Wildman–Crippen MR) is 125 cm³/mol. The molecule has 0 unspecified atom stereocenters. The van der Waals surface area contributed by atoms with Crippen molar-refractivity contribution in [1.29, 1.82) is 0 Å². The van der Waals surface area contributed by atoms with E-state index in [0.717, 1.165) is 0 Å². The molecule has 34 heavy (non-hydrogen) atoms. The van der Waals surface area contributed by atoms with Crippen molar-refractivity contribution in [1.82, 2.24) is 10.3 Å². The number of amides is 1. The molecule has 1 amide bonds. The van der Waals surface area contributed by atoms with Crippen molar-refractivity contribution in [3.05, 3.63) is 77.9 Å². The zero-order valence-electron chi connectivity index (χ0n) is 17.8. The molecule has 10 heteroatoms. The quantitative estimate of drug-likeness (QED) is 0.307. The van der Waals surface area contributed by atoms with Crippen molar-refractivity contribution in [2.45, 2.75) is 12.5 Å². The van der Waals surface area contributed by atoms with Crippen LogP contribution in [0.4, 0.5) is 19.6 Å². The number of hydrogen-bond donors (Lipinski definition) is 4. The molecular weight excluding hydrogens is 464 g/mol. The monoisotopic (exact) mass is 483 g/mol. The van der Waals surface area contributed by atoms with E-state index in [1.807, 2.05) is 0 Å². The molecule has 0 radical (unpaired) electrons. The minimum atomic E-state index is -1.81. The number of nitrogens with one attached hydrogen (secondary N) is 2. The molecule has 1 heterocycles. The summed E-state index contributed by atoms with van der Waals surface area (Å²) in [5, 5.41) is 24.1. The van der Waals surface area contributed by atoms with Crippen LogP contribution in [-0.2, 0) is 4.79 Å². The molecule has 7 nitrogen and oxygen atoms in total. The second kappa shape index (κ2) is 9.16. The first-order valence-corrected chi connectivity index (χ1v) is 10.9. The third-order valence-corrected chi connectivity index (χ3v) is 6.15. The summed E-state index contributed by atoms with van der Waals surface area (Å²) >= 11 is 1.21. The van der Waals surface area contributed by atoms with E-state index in [9.17, 15) is 28.6 Å². The van der Waals surface area contributed by atoms with Crippen molar-refractivity contribution < 1.29 is 28.6 Å². The standard InChI is InChI=1S/C24H19F2N3O4S/c1-24(12-30,22(32)33)29-21(31)14-4-2-13(3-5-14)15-6-8-18(17(26)10-15)27-23-28-19-9-7-16(25)11-20(19)34-23/h2-11,30H,12H2,1H3,(H,27,28)(H,29,31)(H,32,33)/t24-/m0/s1. The molecule has 0 aliphatic carbocycles. The first-order chi connectivity index (χ1) is 16.2. The van der Waals surface area contributed by atoms with Crippen molar-refractivity contribution in [3.8, 4) is 11.1 Å². The summed E-state index contributed by atoms with van der Waals surface area (Å²) in [7, 11) is 0. The van der Waals surface area contributed by atoms with Gasteiger partial charge in [-0.2, -0.15) is 0 Å². The van der Waals surface area contributed by atoms with Crippen molar-refractivity contribution in [2.24, 2.45) is 0 Å². The molecule has 0 bridgehead atoms. The molecule has 0 spiro atoms. The van der Waals surface area contributed by atoms with E-state index in [2.05, 4.69) is 15.6 Å². The lowest BCUT2D eigenvalue weighted by Crippen LogP contribution is -2.54. The number of carbonyl (C=O) groups excluding carboxylic acids is 1. The van der Waals surface area contributed by atoms with E-state index in [4.69, 9.17) is 0 Å². The summed E-state index contributed by atoms with van der Waals surface area (Å²) in [4.78, 5) is 27.9. The summed E-state index contributed by atoms with van der Waals surface area (Å²) < 4.78 is 28.8. The summed E-state index contributed by atoms with van der Waals surface area (Å²) in [5.74, 6) is -2.91. The van der Waals surface area contributed by atoms with Crippen LogP contribution < -0.4 is 10.6 Å². The molecule has 3 aromatic carbocycles. The number of thiazole rings is 1. The Bertz CT molecular complexity index is 1390. The number of aliphatic hydroxyl groups is 1. The van der Waals surface area contributed by atoms with Crippen molar-refractivity contribution in [2.75, 3.05) is 11.9 Å². The largest absolute Gasteiger partial charge is 0.479 e. The molecule has 0 aliphatic heterocycles. The highest BCUT2D eigenvalue weighted by Gasteiger charge is 2.34. The molecule has 4 N–H and O–H groups in total. The number of aromatic nitrogens is 1. The zero-order valence-corrected chi connectivity index (χ0v) is 18.6. The number of nitrogens with zero attached hydrogens (tertiary/aromatic N) is 1. The fourth-order valence-electron chi connectivity index (χ4n) is 3.16. The maximum atomic E-state index is 14.8. The number of aliphatic hydroxyl groups excluding tert-OH is 1. The molecule has 0 saturated carbocycles. The first-order valence-electron chi connectivity index (χ1n) is 10.1. The van der Waals surface area contributed by atoms with Gasteiger partial charge >= 0.3 is 5.97 Å². The minimum Gasteiger partial charge on any atom is -0.479 e. The number of hydrogen-bond acceptors (Lipinski definition) is 6. The Kier molecular flexibility index (Phi) is 6.27. The van der Waals surface area contributed by atoms with Crippen LogP contribution >= 0.6 is 11.3 Å². The summed E-state index contributed by atoms with van der Waals surface area (Å²) in [5.41, 5.74) is 0.400. The topological polar surface area (TPSA) is 112 Å². The first kappa shape index (κ1) is 23.3. The van der Waals surface area contributed by atoms with Crippen LogP contribution in [0.25, 0.3) is 21.3 Å². The normalized spacial score (nSPS) is 12.8. The summed E-state index contributed by atoms with van der Waals surface area (Å²) in [6.45, 7) is 0.437. The molecule has 0 saturated heterocycles. The number of benzene rings is 3. The maximum Gasteiger partial charge on any atom is 0.331 e. The SMILES string of the molecule is C[C@@](CO)(NC(=O)c1ccc(-c2ccc(Nc3nc4ccc(F)cc4s3)c(F)c2)cc1)C(=O)O. The molecule has 4 aromatic rings. The second-order valence-electron chi connectivity index (χ2n) is 7.78. The van der Waals surface area contributed by atoms with Gasteiger partial charge in [0.25, 0.3) is 5.91 Å². The number of aliphatic carboxylic acids is 1. The Morgan fingerprint density at radius 3 is 2.38 bits per heavy atom. The van der Waals surface area contributed by atoms with Gasteiger partial charge in [-0.25, -0.2) is 18.6 Å². The molecule has 0 aliphatic rings. The van der Waals surface area contributed by atoms with Crippen LogP contribution in [-0.4, -0.2) is 39.2 Å². The fraction of sp³-hybridized carbons (Fsp3) is 0.125. The number of carboxylic acids is 1. The molecule has 4 rings (SSSR count). The van der Waals surface area contributed by atoms with Gasteiger partial charge in [0.05, 0.1) is 22.5 Å². The Hall–Kier alpha value is -3.89. The lowest BCUT2D eigenvalue weighted by atomic mass is 10.0. The average Bonchev–Trinajstić information content (AvgIpc) is 3.21. The summed E-state index contributed by atoms with van der Waals surface area (Å²) in [6.07, 6.45) is 0. The second-order valence-corrected chi connectivity index (χ2v) is 8.81. The molecule has 174 valence electrons. The van der Waals surface area contributed by atoms with Gasteiger partial charge in [0.15, 0.2) is 10.7 Å². The van der Waals surface area contributed by atoms with Crippen LogP contribution in [0.3, 0.4) is 0 Å². The number of rotatable bonds is 7. The Labute approximate surface area is 196 Å². The van der Waals surface area contributed by atoms with E-state index < -0.39 is 29.8 Å². The molecular formula is C24H19F2N3O4S. The van der Waals surface area contributed by atoms with Crippen molar-refractivity contribution >= 4 is 44.2 Å². The van der Waals surface area contributed by atoms with Gasteiger partial charge in [0, 0.05) is 5.56 Å². The fourth-order valence-corrected chi connectivity index (χ4v) is 4.06. The van der Waals surface area contributed by atoms with Gasteiger partial charge in [-0.1, -0.05) is 29.5 Å². The van der Waals surface area contributed by atoms with Crippen LogP contribution in [0.5, 0.6) is 0 Å². The predicted octanol–water partition coefficient (Wildman–Crippen LogP) is 4.55. The highest BCUT2D eigenvalue weighted by atomic mass is 32.1. The van der Waals surface area contributed by atoms with Crippen LogP contribution in [0.2, 0.25) is 0 Å². The Balaban J connectivity index is 1.50. The Morgan fingerprint density at radius 1 is 1.03 bits per heavy atom. The summed E-state index contributed by atoms with van der Waals surface area (Å²) in [6, 6.07) is 15.0. The number of fused-ring (bicyclic) bond motifs is 1. The van der Waals surface area contributed by atoms with E-state index >= 15 is 0 Å². The van der Waals surface area contributed by atoms with Crippen LogP contribution in [0.1, 0.15) is 17.3 Å². The molecule has 1 atom stereocenters. The van der Waals surface area contributed by atoms with Gasteiger partial charge < -0.3 is 20.8 Å². The zero-order chi connectivity index (χ0) is 24.5. The number of anilines is 2. The lowest BCUT2D eigenvalue weighted by molar-refractivity contribution is -0.145. The lowest BCUT2D eigenvalue weighted by Gasteiger charge is -2.23. The van der Waals surface area contributed by atoms with E-state index in [1.54, 1.807) is 30.3 Å². The number of carboxylic acid groups (broad SMARTS) is 1. The smallest absolute Gasteiger partial charge is 0.331 e. The average molecular weight is 483 g/mol.